The summed E-state index contributed by atoms with van der Waals surface area (Å²) in [4.78, 5) is 13.8. The summed E-state index contributed by atoms with van der Waals surface area (Å²) in [5.41, 5.74) is 7.93. The molecule has 0 aromatic heterocycles. The van der Waals surface area contributed by atoms with E-state index >= 15 is 0 Å². The van der Waals surface area contributed by atoms with Crippen LogP contribution >= 0.6 is 12.4 Å². The molecule has 5 heteroatoms. The van der Waals surface area contributed by atoms with Gasteiger partial charge >= 0.3 is 0 Å². The van der Waals surface area contributed by atoms with E-state index in [-0.39, 0.29) is 18.3 Å². The molecule has 0 spiro atoms. The van der Waals surface area contributed by atoms with Gasteiger partial charge < -0.3 is 15.4 Å². The Balaban J connectivity index is 0.00000289. The van der Waals surface area contributed by atoms with Crippen LogP contribution in [-0.2, 0) is 4.74 Å². The van der Waals surface area contributed by atoms with Gasteiger partial charge in [-0.3, -0.25) is 4.79 Å². The van der Waals surface area contributed by atoms with Crippen molar-refractivity contribution in [2.24, 2.45) is 0 Å². The minimum Gasteiger partial charge on any atom is -0.399 e. The lowest BCUT2D eigenvalue weighted by Crippen LogP contribution is -2.29. The number of benzene rings is 1. The third-order valence-electron chi connectivity index (χ3n) is 2.68. The molecule has 0 saturated heterocycles. The van der Waals surface area contributed by atoms with Gasteiger partial charge in [0, 0.05) is 38.6 Å². The summed E-state index contributed by atoms with van der Waals surface area (Å²) in [6.45, 7) is 3.25. The molecule has 0 aliphatic rings. The first-order chi connectivity index (χ1) is 8.06. The number of hydrogen-bond acceptors (Lipinski definition) is 3. The minimum atomic E-state index is 0. The number of nitrogens with two attached hydrogens (primary N) is 1. The highest BCUT2D eigenvalue weighted by Crippen LogP contribution is 2.14. The summed E-state index contributed by atoms with van der Waals surface area (Å²) in [6, 6.07) is 5.40. The Morgan fingerprint density at radius 2 is 2.11 bits per heavy atom. The van der Waals surface area contributed by atoms with Crippen LogP contribution < -0.4 is 5.73 Å². The Morgan fingerprint density at radius 1 is 1.44 bits per heavy atom. The molecule has 0 radical (unpaired) electrons. The number of ether oxygens (including phenoxy) is 1. The summed E-state index contributed by atoms with van der Waals surface area (Å²) in [5, 5.41) is 0. The Kier molecular flexibility index (Phi) is 7.39. The molecule has 18 heavy (non-hydrogen) atoms. The molecule has 0 aliphatic carbocycles. The molecular formula is C13H21ClN2O2. The highest BCUT2D eigenvalue weighted by molar-refractivity contribution is 5.96. The van der Waals surface area contributed by atoms with Crippen molar-refractivity contribution in [3.05, 3.63) is 29.3 Å². The molecule has 0 aliphatic heterocycles. The molecule has 2 N–H and O–H groups in total. The lowest BCUT2D eigenvalue weighted by Gasteiger charge is -2.18. The topological polar surface area (TPSA) is 55.6 Å². The fourth-order valence-corrected chi connectivity index (χ4v) is 1.62. The van der Waals surface area contributed by atoms with E-state index in [2.05, 4.69) is 0 Å². The van der Waals surface area contributed by atoms with E-state index in [4.69, 9.17) is 10.5 Å². The van der Waals surface area contributed by atoms with Crippen LogP contribution in [0.3, 0.4) is 0 Å². The second-order valence-corrected chi connectivity index (χ2v) is 4.15. The number of hydrogen-bond donors (Lipinski definition) is 1. The average Bonchev–Trinajstić information content (AvgIpc) is 2.31. The number of anilines is 1. The van der Waals surface area contributed by atoms with Crippen molar-refractivity contribution in [1.82, 2.24) is 4.90 Å². The van der Waals surface area contributed by atoms with Gasteiger partial charge in [0.15, 0.2) is 0 Å². The summed E-state index contributed by atoms with van der Waals surface area (Å²) < 4.78 is 4.96. The molecule has 0 saturated carbocycles. The maximum atomic E-state index is 12.1. The highest BCUT2D eigenvalue weighted by atomic mass is 35.5. The smallest absolute Gasteiger partial charge is 0.253 e. The van der Waals surface area contributed by atoms with E-state index in [1.807, 2.05) is 13.0 Å². The predicted molar refractivity (Wildman–Crippen MR) is 76.3 cm³/mol. The first kappa shape index (κ1) is 16.7. The van der Waals surface area contributed by atoms with Gasteiger partial charge in [-0.15, -0.1) is 12.4 Å². The SMILES string of the molecule is COCCCN(C)C(=O)c1cc(N)ccc1C.Cl. The van der Waals surface area contributed by atoms with Crippen LogP contribution in [0.15, 0.2) is 18.2 Å². The molecule has 4 nitrogen and oxygen atoms in total. The molecule has 1 aromatic carbocycles. The van der Waals surface area contributed by atoms with Gasteiger partial charge in [-0.25, -0.2) is 0 Å². The van der Waals surface area contributed by atoms with Crippen LogP contribution in [-0.4, -0.2) is 38.1 Å². The Morgan fingerprint density at radius 3 is 2.72 bits per heavy atom. The molecule has 0 bridgehead atoms. The van der Waals surface area contributed by atoms with E-state index < -0.39 is 0 Å². The minimum absolute atomic E-state index is 0. The quantitative estimate of drug-likeness (QED) is 0.660. The number of methoxy groups -OCH3 is 1. The Bertz CT molecular complexity index is 397. The van der Waals surface area contributed by atoms with Crippen molar-refractivity contribution in [3.8, 4) is 0 Å². The van der Waals surface area contributed by atoms with Crippen molar-refractivity contribution < 1.29 is 9.53 Å². The fraction of sp³-hybridized carbons (Fsp3) is 0.462. The molecular weight excluding hydrogens is 252 g/mol. The molecule has 0 fully saturated rings. The van der Waals surface area contributed by atoms with Gasteiger partial charge in [0.2, 0.25) is 0 Å². The standard InChI is InChI=1S/C13H20N2O2.ClH/c1-10-5-6-11(14)9-12(10)13(16)15(2)7-4-8-17-3;/h5-6,9H,4,7-8,14H2,1-3H3;1H. The second-order valence-electron chi connectivity index (χ2n) is 4.15. The Hall–Kier alpha value is -1.26. The van der Waals surface area contributed by atoms with Crippen molar-refractivity contribution >= 4 is 24.0 Å². The van der Waals surface area contributed by atoms with Crippen LogP contribution in [0.1, 0.15) is 22.3 Å². The zero-order chi connectivity index (χ0) is 12.8. The fourth-order valence-electron chi connectivity index (χ4n) is 1.62. The lowest BCUT2D eigenvalue weighted by atomic mass is 10.1. The van der Waals surface area contributed by atoms with Crippen LogP contribution in [0, 0.1) is 6.92 Å². The third-order valence-corrected chi connectivity index (χ3v) is 2.68. The second kappa shape index (κ2) is 7.95. The van der Waals surface area contributed by atoms with Gasteiger partial charge in [0.05, 0.1) is 0 Å². The number of aryl methyl sites for hydroxylation is 1. The molecule has 0 unspecified atom stereocenters. The summed E-state index contributed by atoms with van der Waals surface area (Å²) in [7, 11) is 3.45. The number of nitrogen functional groups attached to an aromatic ring is 1. The average molecular weight is 273 g/mol. The lowest BCUT2D eigenvalue weighted by molar-refractivity contribution is 0.0778. The van der Waals surface area contributed by atoms with Crippen molar-refractivity contribution in [2.45, 2.75) is 13.3 Å². The summed E-state index contributed by atoms with van der Waals surface area (Å²) in [6.07, 6.45) is 0.833. The molecule has 0 atom stereocenters. The van der Waals surface area contributed by atoms with E-state index in [0.29, 0.717) is 24.4 Å². The normalized spacial score (nSPS) is 9.72. The number of amides is 1. The Labute approximate surface area is 115 Å². The van der Waals surface area contributed by atoms with Gasteiger partial charge in [-0.1, -0.05) is 6.07 Å². The molecule has 1 amide bonds. The van der Waals surface area contributed by atoms with Crippen LogP contribution in [0.4, 0.5) is 5.69 Å². The number of nitrogens with zero attached hydrogens (tertiary/aromatic N) is 1. The van der Waals surface area contributed by atoms with Gasteiger partial charge in [0.1, 0.15) is 0 Å². The zero-order valence-corrected chi connectivity index (χ0v) is 11.9. The van der Waals surface area contributed by atoms with Crippen molar-refractivity contribution in [2.75, 3.05) is 33.0 Å². The van der Waals surface area contributed by atoms with Gasteiger partial charge in [-0.05, 0) is 31.0 Å². The molecule has 1 rings (SSSR count). The number of halogens is 1. The van der Waals surface area contributed by atoms with E-state index in [0.717, 1.165) is 12.0 Å². The van der Waals surface area contributed by atoms with Crippen LogP contribution in [0.2, 0.25) is 0 Å². The van der Waals surface area contributed by atoms with Crippen LogP contribution in [0.25, 0.3) is 0 Å². The zero-order valence-electron chi connectivity index (χ0n) is 11.1. The van der Waals surface area contributed by atoms with Crippen LogP contribution in [0.5, 0.6) is 0 Å². The third kappa shape index (κ3) is 4.55. The predicted octanol–water partition coefficient (Wildman–Crippen LogP) is 2.11. The van der Waals surface area contributed by atoms with Crippen molar-refractivity contribution in [3.63, 3.8) is 0 Å². The largest absolute Gasteiger partial charge is 0.399 e. The maximum absolute atomic E-state index is 12.1. The first-order valence-electron chi connectivity index (χ1n) is 5.66. The van der Waals surface area contributed by atoms with Gasteiger partial charge in [-0.2, -0.15) is 0 Å². The van der Waals surface area contributed by atoms with Crippen molar-refractivity contribution in [1.29, 1.82) is 0 Å². The maximum Gasteiger partial charge on any atom is 0.253 e. The van der Waals surface area contributed by atoms with E-state index in [1.165, 1.54) is 0 Å². The number of carbonyl (C=O) groups excluding carboxylic acids is 1. The van der Waals surface area contributed by atoms with Gasteiger partial charge in [0.25, 0.3) is 5.91 Å². The highest BCUT2D eigenvalue weighted by Gasteiger charge is 2.13. The molecule has 1 aromatic rings. The molecule has 0 heterocycles. The number of carbonyl (C=O) groups is 1. The van der Waals surface area contributed by atoms with E-state index in [9.17, 15) is 4.79 Å². The number of rotatable bonds is 5. The summed E-state index contributed by atoms with van der Waals surface area (Å²) >= 11 is 0. The monoisotopic (exact) mass is 272 g/mol. The summed E-state index contributed by atoms with van der Waals surface area (Å²) in [5.74, 6) is 0.00547. The molecule has 102 valence electrons. The van der Waals surface area contributed by atoms with E-state index in [1.54, 1.807) is 31.2 Å². The first-order valence-corrected chi connectivity index (χ1v) is 5.66.